The molecule has 1 heterocycles. The Hall–Kier alpha value is -2.38. The molecule has 8 heteroatoms. The fraction of sp³-hybridized carbons (Fsp3) is 0.438. The third-order valence-electron chi connectivity index (χ3n) is 3.78. The standard InChI is InChI=1S/C16H19F3N4O/c1-5-23(6-2)11-7-8-12(10(3)9-11)20-13-14(16(17,18)19)21-22(4)15(13)24/h7-9H,5-6H2,1-4H3. The number of nitrogens with zero attached hydrogens (tertiary/aromatic N) is 4. The fourth-order valence-corrected chi connectivity index (χ4v) is 2.46. The Balaban J connectivity index is 2.44. The van der Waals surface area contributed by atoms with E-state index in [0.717, 1.165) is 18.8 Å². The molecule has 0 atom stereocenters. The highest BCUT2D eigenvalue weighted by molar-refractivity contribution is 6.70. The minimum absolute atomic E-state index is 0.321. The number of hydrogen-bond acceptors (Lipinski definition) is 4. The van der Waals surface area contributed by atoms with E-state index in [0.29, 0.717) is 16.3 Å². The smallest absolute Gasteiger partial charge is 0.372 e. The van der Waals surface area contributed by atoms with Crippen LogP contribution in [0.2, 0.25) is 0 Å². The molecule has 1 aromatic rings. The van der Waals surface area contributed by atoms with Crippen LogP contribution in [0.15, 0.2) is 28.3 Å². The van der Waals surface area contributed by atoms with E-state index in [1.54, 1.807) is 19.1 Å². The Morgan fingerprint density at radius 3 is 2.38 bits per heavy atom. The maximum Gasteiger partial charge on any atom is 0.437 e. The fourth-order valence-electron chi connectivity index (χ4n) is 2.46. The lowest BCUT2D eigenvalue weighted by atomic mass is 10.1. The third-order valence-corrected chi connectivity index (χ3v) is 3.78. The van der Waals surface area contributed by atoms with Crippen LogP contribution in [0.4, 0.5) is 24.5 Å². The van der Waals surface area contributed by atoms with Crippen molar-refractivity contribution in [2.75, 3.05) is 25.0 Å². The van der Waals surface area contributed by atoms with Crippen LogP contribution in [0.1, 0.15) is 19.4 Å². The van der Waals surface area contributed by atoms with Gasteiger partial charge in [-0.2, -0.15) is 18.3 Å². The van der Waals surface area contributed by atoms with Crippen molar-refractivity contribution in [3.8, 4) is 0 Å². The van der Waals surface area contributed by atoms with Crippen LogP contribution in [-0.2, 0) is 4.79 Å². The quantitative estimate of drug-likeness (QED) is 0.844. The highest BCUT2D eigenvalue weighted by atomic mass is 19.4. The van der Waals surface area contributed by atoms with E-state index in [1.807, 2.05) is 19.9 Å². The normalized spacial score (nSPS) is 16.8. The van der Waals surface area contributed by atoms with Gasteiger partial charge in [0.15, 0.2) is 11.4 Å². The van der Waals surface area contributed by atoms with E-state index in [-0.39, 0.29) is 0 Å². The number of halogens is 3. The van der Waals surface area contributed by atoms with E-state index >= 15 is 0 Å². The van der Waals surface area contributed by atoms with Gasteiger partial charge < -0.3 is 4.90 Å². The maximum absolute atomic E-state index is 13.0. The number of carbonyl (C=O) groups is 1. The predicted molar refractivity (Wildman–Crippen MR) is 88.1 cm³/mol. The summed E-state index contributed by atoms with van der Waals surface area (Å²) in [4.78, 5) is 18.0. The Labute approximate surface area is 138 Å². The van der Waals surface area contributed by atoms with E-state index in [9.17, 15) is 18.0 Å². The van der Waals surface area contributed by atoms with Gasteiger partial charge in [-0.1, -0.05) is 0 Å². The number of aryl methyl sites for hydroxylation is 1. The molecule has 1 aliphatic heterocycles. The van der Waals surface area contributed by atoms with Gasteiger partial charge in [0.05, 0.1) is 5.69 Å². The lowest BCUT2D eigenvalue weighted by Crippen LogP contribution is -2.32. The second kappa shape index (κ2) is 6.62. The number of hydrazone groups is 1. The number of alkyl halides is 3. The zero-order valence-corrected chi connectivity index (χ0v) is 14.0. The van der Waals surface area contributed by atoms with Crippen LogP contribution in [-0.4, -0.2) is 48.7 Å². The number of aliphatic imine (C=N–C) groups is 1. The second-order valence-corrected chi connectivity index (χ2v) is 5.38. The zero-order chi connectivity index (χ0) is 18.1. The molecule has 0 saturated carbocycles. The molecular formula is C16H19F3N4O. The second-order valence-electron chi connectivity index (χ2n) is 5.38. The molecule has 1 aliphatic rings. The molecule has 0 aromatic heterocycles. The first-order valence-electron chi connectivity index (χ1n) is 7.57. The Morgan fingerprint density at radius 1 is 1.25 bits per heavy atom. The van der Waals surface area contributed by atoms with Crippen molar-refractivity contribution >= 4 is 28.7 Å². The molecule has 0 unspecified atom stereocenters. The van der Waals surface area contributed by atoms with Crippen LogP contribution in [0, 0.1) is 6.92 Å². The summed E-state index contributed by atoms with van der Waals surface area (Å²) in [5.74, 6) is -0.866. The molecule has 0 saturated heterocycles. The molecule has 5 nitrogen and oxygen atoms in total. The highest BCUT2D eigenvalue weighted by Crippen LogP contribution is 2.28. The largest absolute Gasteiger partial charge is 0.437 e. The van der Waals surface area contributed by atoms with Gasteiger partial charge >= 0.3 is 6.18 Å². The van der Waals surface area contributed by atoms with Crippen LogP contribution >= 0.6 is 0 Å². The number of benzene rings is 1. The molecule has 0 spiro atoms. The van der Waals surface area contributed by atoms with Crippen molar-refractivity contribution in [2.24, 2.45) is 10.1 Å². The van der Waals surface area contributed by atoms with Crippen LogP contribution < -0.4 is 4.90 Å². The Morgan fingerprint density at radius 2 is 1.88 bits per heavy atom. The maximum atomic E-state index is 13.0. The molecule has 130 valence electrons. The summed E-state index contributed by atoms with van der Waals surface area (Å²) in [7, 11) is 1.17. The number of hydrogen-bond donors (Lipinski definition) is 0. The SMILES string of the molecule is CCN(CC)c1ccc(N=C2C(=O)N(C)N=C2C(F)(F)F)c(C)c1. The molecule has 0 radical (unpaired) electrons. The summed E-state index contributed by atoms with van der Waals surface area (Å²) < 4.78 is 39.1. The van der Waals surface area contributed by atoms with Gasteiger partial charge in [-0.3, -0.25) is 4.79 Å². The molecule has 0 aliphatic carbocycles. The summed E-state index contributed by atoms with van der Waals surface area (Å²) in [6.07, 6.45) is -4.73. The van der Waals surface area contributed by atoms with E-state index in [2.05, 4.69) is 15.0 Å². The summed E-state index contributed by atoms with van der Waals surface area (Å²) in [6.45, 7) is 7.42. The van der Waals surface area contributed by atoms with Crippen LogP contribution in [0.5, 0.6) is 0 Å². The molecular weight excluding hydrogens is 321 g/mol. The van der Waals surface area contributed by atoms with E-state index in [4.69, 9.17) is 0 Å². The summed E-state index contributed by atoms with van der Waals surface area (Å²) >= 11 is 0. The number of amides is 1. The van der Waals surface area contributed by atoms with Gasteiger partial charge in [0.25, 0.3) is 5.91 Å². The zero-order valence-electron chi connectivity index (χ0n) is 14.0. The lowest BCUT2D eigenvalue weighted by Gasteiger charge is -2.21. The first-order chi connectivity index (χ1) is 11.2. The monoisotopic (exact) mass is 340 g/mol. The molecule has 1 amide bonds. The molecule has 1 aromatic carbocycles. The minimum Gasteiger partial charge on any atom is -0.372 e. The number of carbonyl (C=O) groups excluding carboxylic acids is 1. The van der Waals surface area contributed by atoms with Crippen LogP contribution in [0.25, 0.3) is 0 Å². The number of rotatable bonds is 4. The minimum atomic E-state index is -4.73. The van der Waals surface area contributed by atoms with Gasteiger partial charge in [0, 0.05) is 25.8 Å². The van der Waals surface area contributed by atoms with Gasteiger partial charge in [-0.05, 0) is 44.5 Å². The lowest BCUT2D eigenvalue weighted by molar-refractivity contribution is -0.122. The average Bonchev–Trinajstić information content (AvgIpc) is 2.79. The molecule has 2 rings (SSSR count). The summed E-state index contributed by atoms with van der Waals surface area (Å²) in [5, 5.41) is 3.91. The van der Waals surface area contributed by atoms with Crippen molar-refractivity contribution in [2.45, 2.75) is 26.9 Å². The molecule has 0 fully saturated rings. The molecule has 0 N–H and O–H groups in total. The first kappa shape index (κ1) is 18.0. The number of anilines is 1. The van der Waals surface area contributed by atoms with E-state index < -0.39 is 23.5 Å². The van der Waals surface area contributed by atoms with Gasteiger partial charge in [-0.15, -0.1) is 0 Å². The van der Waals surface area contributed by atoms with Crippen molar-refractivity contribution in [3.63, 3.8) is 0 Å². The van der Waals surface area contributed by atoms with Crippen LogP contribution in [0.3, 0.4) is 0 Å². The van der Waals surface area contributed by atoms with Gasteiger partial charge in [0.1, 0.15) is 0 Å². The third kappa shape index (κ3) is 3.42. The van der Waals surface area contributed by atoms with Crippen molar-refractivity contribution < 1.29 is 18.0 Å². The van der Waals surface area contributed by atoms with E-state index in [1.165, 1.54) is 7.05 Å². The average molecular weight is 340 g/mol. The first-order valence-corrected chi connectivity index (χ1v) is 7.57. The molecule has 24 heavy (non-hydrogen) atoms. The summed E-state index contributed by atoms with van der Waals surface area (Å²) in [5.41, 5.74) is 0.0317. The molecule has 0 bridgehead atoms. The Bertz CT molecular complexity index is 706. The predicted octanol–water partition coefficient (Wildman–Crippen LogP) is 3.30. The van der Waals surface area contributed by atoms with Crippen molar-refractivity contribution in [1.29, 1.82) is 0 Å². The van der Waals surface area contributed by atoms with Gasteiger partial charge in [0.2, 0.25) is 0 Å². The Kier molecular flexibility index (Phi) is 4.96. The van der Waals surface area contributed by atoms with Crippen molar-refractivity contribution in [1.82, 2.24) is 5.01 Å². The van der Waals surface area contributed by atoms with Crippen molar-refractivity contribution in [3.05, 3.63) is 23.8 Å². The highest BCUT2D eigenvalue weighted by Gasteiger charge is 2.47. The van der Waals surface area contributed by atoms with Gasteiger partial charge in [-0.25, -0.2) is 10.0 Å². The topological polar surface area (TPSA) is 48.3 Å². The summed E-state index contributed by atoms with van der Waals surface area (Å²) in [6, 6.07) is 5.25.